The monoisotopic (exact) mass is 330 g/mol. The van der Waals surface area contributed by atoms with Crippen LogP contribution < -0.4 is 15.2 Å². The predicted molar refractivity (Wildman–Crippen MR) is 83.1 cm³/mol. The van der Waals surface area contributed by atoms with Gasteiger partial charge in [0.15, 0.2) is 10.9 Å². The van der Waals surface area contributed by atoms with E-state index in [1.165, 1.54) is 11.3 Å². The molecule has 0 aliphatic carbocycles. The van der Waals surface area contributed by atoms with Crippen LogP contribution in [-0.4, -0.2) is 19.9 Å². The summed E-state index contributed by atoms with van der Waals surface area (Å²) >= 11 is 1.19. The Bertz CT molecular complexity index is 691. The summed E-state index contributed by atoms with van der Waals surface area (Å²) in [4.78, 5) is 4.19. The molecule has 4 N–H and O–H groups in total. The van der Waals surface area contributed by atoms with Gasteiger partial charge in [-0.05, 0) is 18.1 Å². The van der Waals surface area contributed by atoms with Crippen LogP contribution in [0.25, 0.3) is 11.5 Å². The van der Waals surface area contributed by atoms with E-state index in [0.29, 0.717) is 30.3 Å². The molecule has 0 atom stereocenters. The molecule has 116 valence electrons. The number of nitrogens with one attached hydrogen (secondary N) is 2. The molecule has 9 heteroatoms. The minimum Gasteiger partial charge on any atom is -0.458 e. The van der Waals surface area contributed by atoms with Gasteiger partial charge in [-0.25, -0.2) is 9.71 Å². The molecule has 0 saturated carbocycles. The zero-order valence-corrected chi connectivity index (χ0v) is 13.4. The third kappa shape index (κ3) is 4.53. The topological polar surface area (TPSA) is 110 Å². The maximum Gasteiger partial charge on any atom is 0.300 e. The number of rotatable bonds is 7. The molecule has 0 spiro atoms. The van der Waals surface area contributed by atoms with Crippen molar-refractivity contribution in [2.45, 2.75) is 20.4 Å². The highest BCUT2D eigenvalue weighted by molar-refractivity contribution is 7.91. The standard InChI is InChI=1S/C12H18N4O3S2/c1-8(2)6-14-21(17,18)16-12-15-10(7-20-12)11-4-3-9(5-13)19-11/h3-4,7-8,14H,5-6,13H2,1-2H3,(H,15,16). The Morgan fingerprint density at radius 1 is 1.43 bits per heavy atom. The highest BCUT2D eigenvalue weighted by atomic mass is 32.2. The number of nitrogens with two attached hydrogens (primary N) is 1. The van der Waals surface area contributed by atoms with Gasteiger partial charge in [-0.2, -0.15) is 13.1 Å². The van der Waals surface area contributed by atoms with Crippen molar-refractivity contribution in [3.8, 4) is 11.5 Å². The molecule has 0 amide bonds. The predicted octanol–water partition coefficient (Wildman–Crippen LogP) is 1.76. The summed E-state index contributed by atoms with van der Waals surface area (Å²) in [6.45, 7) is 4.53. The summed E-state index contributed by atoms with van der Waals surface area (Å²) < 4.78 is 33.9. The molecule has 0 aromatic carbocycles. The number of furan rings is 1. The number of aromatic nitrogens is 1. The molecule has 2 rings (SSSR count). The smallest absolute Gasteiger partial charge is 0.300 e. The Labute approximate surface area is 127 Å². The average molecular weight is 330 g/mol. The van der Waals surface area contributed by atoms with Gasteiger partial charge in [0, 0.05) is 11.9 Å². The molecule has 7 nitrogen and oxygen atoms in total. The van der Waals surface area contributed by atoms with Gasteiger partial charge >= 0.3 is 10.2 Å². The Kier molecular flexibility index (Phi) is 4.99. The van der Waals surface area contributed by atoms with Crippen LogP contribution in [0.1, 0.15) is 19.6 Å². The first-order valence-corrected chi connectivity index (χ1v) is 8.78. The minimum absolute atomic E-state index is 0.228. The summed E-state index contributed by atoms with van der Waals surface area (Å²) in [5.74, 6) is 1.44. The molecule has 0 bridgehead atoms. The van der Waals surface area contributed by atoms with E-state index in [0.717, 1.165) is 0 Å². The number of hydrogen-bond acceptors (Lipinski definition) is 6. The Morgan fingerprint density at radius 3 is 2.81 bits per heavy atom. The van der Waals surface area contributed by atoms with E-state index in [1.54, 1.807) is 17.5 Å². The first-order chi connectivity index (χ1) is 9.89. The molecule has 2 aromatic heterocycles. The lowest BCUT2D eigenvalue weighted by molar-refractivity contribution is 0.524. The largest absolute Gasteiger partial charge is 0.458 e. The molecular weight excluding hydrogens is 312 g/mol. The van der Waals surface area contributed by atoms with Gasteiger partial charge in [-0.1, -0.05) is 13.8 Å². The maximum atomic E-state index is 11.8. The van der Waals surface area contributed by atoms with Crippen molar-refractivity contribution in [3.63, 3.8) is 0 Å². The van der Waals surface area contributed by atoms with Gasteiger partial charge in [-0.15, -0.1) is 11.3 Å². The molecule has 0 fully saturated rings. The van der Waals surface area contributed by atoms with Gasteiger partial charge < -0.3 is 10.2 Å². The normalized spacial score (nSPS) is 12.0. The van der Waals surface area contributed by atoms with Crippen molar-refractivity contribution in [2.75, 3.05) is 11.3 Å². The third-order valence-electron chi connectivity index (χ3n) is 2.52. The zero-order chi connectivity index (χ0) is 15.5. The van der Waals surface area contributed by atoms with Crippen LogP contribution >= 0.6 is 11.3 Å². The molecule has 0 aliphatic heterocycles. The van der Waals surface area contributed by atoms with Crippen LogP contribution in [0.3, 0.4) is 0 Å². The minimum atomic E-state index is -3.60. The maximum absolute atomic E-state index is 11.8. The van der Waals surface area contributed by atoms with Crippen molar-refractivity contribution >= 4 is 26.7 Å². The first kappa shape index (κ1) is 16.0. The fourth-order valence-corrected chi connectivity index (χ4v) is 3.45. The quantitative estimate of drug-likeness (QED) is 0.716. The van der Waals surface area contributed by atoms with Gasteiger partial charge in [-0.3, -0.25) is 0 Å². The van der Waals surface area contributed by atoms with Crippen LogP contribution in [-0.2, 0) is 16.8 Å². The lowest BCUT2D eigenvalue weighted by Crippen LogP contribution is -2.32. The summed E-state index contributed by atoms with van der Waals surface area (Å²) in [7, 11) is -3.60. The Morgan fingerprint density at radius 2 is 2.19 bits per heavy atom. The van der Waals surface area contributed by atoms with Crippen molar-refractivity contribution in [1.82, 2.24) is 9.71 Å². The molecule has 0 unspecified atom stereocenters. The summed E-state index contributed by atoms with van der Waals surface area (Å²) in [6.07, 6.45) is 0. The molecule has 2 heterocycles. The Hall–Kier alpha value is -1.42. The number of nitrogens with zero attached hydrogens (tertiary/aromatic N) is 1. The molecule has 2 aromatic rings. The highest BCUT2D eigenvalue weighted by Gasteiger charge is 2.14. The second-order valence-electron chi connectivity index (χ2n) is 4.86. The highest BCUT2D eigenvalue weighted by Crippen LogP contribution is 2.26. The third-order valence-corrected chi connectivity index (χ3v) is 4.42. The first-order valence-electron chi connectivity index (χ1n) is 6.41. The molecule has 21 heavy (non-hydrogen) atoms. The number of thiazole rings is 1. The van der Waals surface area contributed by atoms with E-state index in [2.05, 4.69) is 14.4 Å². The average Bonchev–Trinajstić information content (AvgIpc) is 3.04. The van der Waals surface area contributed by atoms with Gasteiger partial charge in [0.05, 0.1) is 6.54 Å². The van der Waals surface area contributed by atoms with Gasteiger partial charge in [0.25, 0.3) is 0 Å². The number of hydrogen-bond donors (Lipinski definition) is 3. The summed E-state index contributed by atoms with van der Waals surface area (Å²) in [5.41, 5.74) is 6.05. The van der Waals surface area contributed by atoms with E-state index in [1.807, 2.05) is 13.8 Å². The van der Waals surface area contributed by atoms with Crippen molar-refractivity contribution in [1.29, 1.82) is 0 Å². The van der Waals surface area contributed by atoms with E-state index in [-0.39, 0.29) is 11.0 Å². The Balaban J connectivity index is 2.06. The van der Waals surface area contributed by atoms with E-state index >= 15 is 0 Å². The van der Waals surface area contributed by atoms with Crippen LogP contribution in [0.2, 0.25) is 0 Å². The molecular formula is C12H18N4O3S2. The van der Waals surface area contributed by atoms with E-state index < -0.39 is 10.2 Å². The van der Waals surface area contributed by atoms with Crippen molar-refractivity contribution in [2.24, 2.45) is 11.7 Å². The fraction of sp³-hybridized carbons (Fsp3) is 0.417. The second kappa shape index (κ2) is 6.56. The lowest BCUT2D eigenvalue weighted by Gasteiger charge is -2.08. The molecule has 0 aliphatic rings. The van der Waals surface area contributed by atoms with Crippen molar-refractivity contribution < 1.29 is 12.8 Å². The zero-order valence-electron chi connectivity index (χ0n) is 11.8. The van der Waals surface area contributed by atoms with Gasteiger partial charge in [0.2, 0.25) is 0 Å². The molecule has 0 radical (unpaired) electrons. The summed E-state index contributed by atoms with van der Waals surface area (Å²) in [6, 6.07) is 3.52. The van der Waals surface area contributed by atoms with E-state index in [4.69, 9.17) is 10.2 Å². The van der Waals surface area contributed by atoms with Gasteiger partial charge in [0.1, 0.15) is 11.5 Å². The molecule has 0 saturated heterocycles. The van der Waals surface area contributed by atoms with E-state index in [9.17, 15) is 8.42 Å². The lowest BCUT2D eigenvalue weighted by atomic mass is 10.2. The fourth-order valence-electron chi connectivity index (χ4n) is 1.49. The summed E-state index contributed by atoms with van der Waals surface area (Å²) in [5, 5.41) is 2.01. The van der Waals surface area contributed by atoms with Crippen LogP contribution in [0.4, 0.5) is 5.13 Å². The SMILES string of the molecule is CC(C)CNS(=O)(=O)Nc1nc(-c2ccc(CN)o2)cs1. The second-order valence-corrected chi connectivity index (χ2v) is 7.21. The van der Waals surface area contributed by atoms with Crippen LogP contribution in [0.15, 0.2) is 21.9 Å². The van der Waals surface area contributed by atoms with Crippen LogP contribution in [0, 0.1) is 5.92 Å². The van der Waals surface area contributed by atoms with Crippen molar-refractivity contribution in [3.05, 3.63) is 23.3 Å². The number of anilines is 1. The van der Waals surface area contributed by atoms with Crippen LogP contribution in [0.5, 0.6) is 0 Å².